The van der Waals surface area contributed by atoms with E-state index in [4.69, 9.17) is 10.5 Å². The van der Waals surface area contributed by atoms with Gasteiger partial charge in [0.25, 0.3) is 0 Å². The van der Waals surface area contributed by atoms with Gasteiger partial charge in [-0.1, -0.05) is 24.3 Å². The molecule has 1 aliphatic heterocycles. The van der Waals surface area contributed by atoms with Crippen molar-refractivity contribution in [2.75, 3.05) is 36.9 Å². The Balaban J connectivity index is 1.89. The molecule has 0 saturated carbocycles. The number of carbonyl (C=O) groups excluding carboxylic acids is 2. The van der Waals surface area contributed by atoms with Crippen LogP contribution in [-0.2, 0) is 22.6 Å². The smallest absolute Gasteiger partial charge is 0.353 e. The third kappa shape index (κ3) is 5.76. The van der Waals surface area contributed by atoms with Crippen molar-refractivity contribution in [1.29, 1.82) is 0 Å². The Morgan fingerprint density at radius 1 is 1.25 bits per heavy atom. The molecule has 0 spiro atoms. The highest BCUT2D eigenvalue weighted by Crippen LogP contribution is 2.31. The molecule has 1 saturated heterocycles. The van der Waals surface area contributed by atoms with Crippen LogP contribution in [0.4, 0.5) is 17.3 Å². The number of nitrogens with two attached hydrogens (primary N) is 1. The average molecular weight is 442 g/mol. The number of rotatable bonds is 10. The molecule has 0 radical (unpaired) electrons. The van der Waals surface area contributed by atoms with Gasteiger partial charge in [0.2, 0.25) is 11.6 Å². The van der Waals surface area contributed by atoms with Crippen LogP contribution in [0.25, 0.3) is 0 Å². The van der Waals surface area contributed by atoms with Crippen LogP contribution in [0.5, 0.6) is 0 Å². The lowest BCUT2D eigenvalue weighted by atomic mass is 10.1. The van der Waals surface area contributed by atoms with E-state index in [9.17, 15) is 19.7 Å². The fourth-order valence-electron chi connectivity index (χ4n) is 3.66. The van der Waals surface area contributed by atoms with E-state index in [1.54, 1.807) is 6.92 Å². The zero-order chi connectivity index (χ0) is 23.1. The molecule has 32 heavy (non-hydrogen) atoms. The molecule has 1 aliphatic rings. The molecular formula is C21H26N6O5. The van der Waals surface area contributed by atoms with Gasteiger partial charge in [0, 0.05) is 13.1 Å². The van der Waals surface area contributed by atoms with E-state index in [1.807, 2.05) is 24.3 Å². The fraction of sp³-hybridized carbons (Fsp3) is 0.429. The first-order valence-corrected chi connectivity index (χ1v) is 10.4. The standard InChI is InChI=1S/C21H26N6O5/c1-2-32-18(29)13-26(21-19(27(30)31)20(22)23-17(14-28)24-21)12-16-7-5-15(6-8-16)11-25-9-3-4-10-25/h5-8,14H,2-4,9-13H2,1H3,(H2,22,23,24). The van der Waals surface area contributed by atoms with Crippen LogP contribution < -0.4 is 10.6 Å². The van der Waals surface area contributed by atoms with Crippen molar-refractivity contribution in [1.82, 2.24) is 14.9 Å². The summed E-state index contributed by atoms with van der Waals surface area (Å²) in [6.45, 7) is 4.68. The predicted octanol–water partition coefficient (Wildman–Crippen LogP) is 1.94. The Kier molecular flexibility index (Phi) is 7.66. The molecule has 11 nitrogen and oxygen atoms in total. The average Bonchev–Trinajstić information content (AvgIpc) is 3.27. The van der Waals surface area contributed by atoms with Crippen molar-refractivity contribution in [3.05, 3.63) is 51.3 Å². The Hall–Kier alpha value is -3.60. The second kappa shape index (κ2) is 10.6. The van der Waals surface area contributed by atoms with Crippen molar-refractivity contribution in [2.45, 2.75) is 32.9 Å². The number of aldehydes is 1. The second-order valence-corrected chi connectivity index (χ2v) is 7.48. The summed E-state index contributed by atoms with van der Waals surface area (Å²) in [5, 5.41) is 11.6. The quantitative estimate of drug-likeness (QED) is 0.251. The van der Waals surface area contributed by atoms with Crippen molar-refractivity contribution in [3.63, 3.8) is 0 Å². The highest BCUT2D eigenvalue weighted by Gasteiger charge is 2.29. The van der Waals surface area contributed by atoms with Crippen LogP contribution >= 0.6 is 0 Å². The fourth-order valence-corrected chi connectivity index (χ4v) is 3.66. The molecule has 0 unspecified atom stereocenters. The van der Waals surface area contributed by atoms with Crippen LogP contribution in [0, 0.1) is 10.1 Å². The minimum Gasteiger partial charge on any atom is -0.465 e. The van der Waals surface area contributed by atoms with E-state index < -0.39 is 22.4 Å². The lowest BCUT2D eigenvalue weighted by molar-refractivity contribution is -0.383. The number of anilines is 2. The van der Waals surface area contributed by atoms with E-state index in [-0.39, 0.29) is 31.3 Å². The minimum atomic E-state index is -0.726. The zero-order valence-corrected chi connectivity index (χ0v) is 17.9. The summed E-state index contributed by atoms with van der Waals surface area (Å²) in [6, 6.07) is 7.80. The lowest BCUT2D eigenvalue weighted by Crippen LogP contribution is -2.32. The Morgan fingerprint density at radius 3 is 2.50 bits per heavy atom. The maximum atomic E-state index is 12.2. The van der Waals surface area contributed by atoms with Gasteiger partial charge in [-0.3, -0.25) is 24.6 Å². The van der Waals surface area contributed by atoms with Gasteiger partial charge in [-0.05, 0) is 44.0 Å². The SMILES string of the molecule is CCOC(=O)CN(Cc1ccc(CN2CCCC2)cc1)c1nc(C=O)nc(N)c1[N+](=O)[O-]. The second-order valence-electron chi connectivity index (χ2n) is 7.48. The van der Waals surface area contributed by atoms with Crippen LogP contribution in [0.15, 0.2) is 24.3 Å². The van der Waals surface area contributed by atoms with E-state index in [0.717, 1.165) is 30.8 Å². The van der Waals surface area contributed by atoms with Crippen molar-refractivity contribution in [2.24, 2.45) is 0 Å². The molecule has 0 atom stereocenters. The maximum Gasteiger partial charge on any atom is 0.353 e. The van der Waals surface area contributed by atoms with Crippen molar-refractivity contribution in [3.8, 4) is 0 Å². The molecule has 0 amide bonds. The largest absolute Gasteiger partial charge is 0.465 e. The number of nitrogens with zero attached hydrogens (tertiary/aromatic N) is 5. The van der Waals surface area contributed by atoms with E-state index in [1.165, 1.54) is 17.7 Å². The van der Waals surface area contributed by atoms with Gasteiger partial charge >= 0.3 is 11.7 Å². The highest BCUT2D eigenvalue weighted by molar-refractivity contribution is 5.80. The minimum absolute atomic E-state index is 0.123. The van der Waals surface area contributed by atoms with Gasteiger partial charge in [0.1, 0.15) is 6.54 Å². The molecule has 1 aromatic heterocycles. The molecule has 170 valence electrons. The first-order chi connectivity index (χ1) is 15.4. The number of likely N-dealkylation sites (tertiary alicyclic amines) is 1. The summed E-state index contributed by atoms with van der Waals surface area (Å²) < 4.78 is 5.01. The summed E-state index contributed by atoms with van der Waals surface area (Å²) in [5.41, 5.74) is 7.12. The molecule has 2 N–H and O–H groups in total. The molecule has 1 fully saturated rings. The zero-order valence-electron chi connectivity index (χ0n) is 17.9. The number of hydrogen-bond donors (Lipinski definition) is 1. The number of esters is 1. The van der Waals surface area contributed by atoms with Gasteiger partial charge in [0.15, 0.2) is 12.1 Å². The van der Waals surface area contributed by atoms with Gasteiger partial charge in [-0.15, -0.1) is 0 Å². The summed E-state index contributed by atoms with van der Waals surface area (Å²) >= 11 is 0. The molecule has 1 aromatic carbocycles. The summed E-state index contributed by atoms with van der Waals surface area (Å²) in [4.78, 5) is 45.7. The molecule has 2 heterocycles. The monoisotopic (exact) mass is 442 g/mol. The molecule has 3 rings (SSSR count). The third-order valence-electron chi connectivity index (χ3n) is 5.12. The Morgan fingerprint density at radius 2 is 1.91 bits per heavy atom. The number of hydrogen-bond acceptors (Lipinski definition) is 10. The maximum absolute atomic E-state index is 12.2. The molecule has 0 bridgehead atoms. The summed E-state index contributed by atoms with van der Waals surface area (Å²) in [6.07, 6.45) is 2.77. The van der Waals surface area contributed by atoms with Crippen LogP contribution in [0.3, 0.4) is 0 Å². The lowest BCUT2D eigenvalue weighted by Gasteiger charge is -2.23. The molecular weight excluding hydrogens is 416 g/mol. The number of benzene rings is 1. The van der Waals surface area contributed by atoms with E-state index in [2.05, 4.69) is 14.9 Å². The van der Waals surface area contributed by atoms with Crippen LogP contribution in [0.2, 0.25) is 0 Å². The van der Waals surface area contributed by atoms with Gasteiger partial charge in [0.05, 0.1) is 11.5 Å². The third-order valence-corrected chi connectivity index (χ3v) is 5.12. The molecule has 0 aliphatic carbocycles. The predicted molar refractivity (Wildman–Crippen MR) is 117 cm³/mol. The highest BCUT2D eigenvalue weighted by atomic mass is 16.6. The van der Waals surface area contributed by atoms with Crippen molar-refractivity contribution >= 4 is 29.6 Å². The Bertz CT molecular complexity index is 975. The number of nitro groups is 1. The van der Waals surface area contributed by atoms with Gasteiger partial charge in [-0.2, -0.15) is 0 Å². The first kappa shape index (κ1) is 23.1. The van der Waals surface area contributed by atoms with Gasteiger partial charge in [-0.25, -0.2) is 9.97 Å². The summed E-state index contributed by atoms with van der Waals surface area (Å²) in [7, 11) is 0. The number of nitrogen functional groups attached to an aromatic ring is 1. The van der Waals surface area contributed by atoms with Crippen LogP contribution in [0.1, 0.15) is 41.5 Å². The number of carbonyl (C=O) groups is 2. The first-order valence-electron chi connectivity index (χ1n) is 10.4. The normalized spacial score (nSPS) is 13.7. The topological polar surface area (TPSA) is 145 Å². The number of ether oxygens (including phenoxy) is 1. The molecule has 11 heteroatoms. The molecule has 2 aromatic rings. The van der Waals surface area contributed by atoms with E-state index in [0.29, 0.717) is 6.29 Å². The van der Waals surface area contributed by atoms with Crippen LogP contribution in [-0.4, -0.2) is 58.3 Å². The van der Waals surface area contributed by atoms with E-state index >= 15 is 0 Å². The van der Waals surface area contributed by atoms with Gasteiger partial charge < -0.3 is 15.4 Å². The van der Waals surface area contributed by atoms with Crippen molar-refractivity contribution < 1.29 is 19.2 Å². The Labute approximate surface area is 185 Å². The summed E-state index contributed by atoms with van der Waals surface area (Å²) in [5.74, 6) is -1.55. The number of aromatic nitrogens is 2.